The molecule has 0 aliphatic carbocycles. The Morgan fingerprint density at radius 3 is 2.65 bits per heavy atom. The van der Waals surface area contributed by atoms with Gasteiger partial charge >= 0.3 is 5.97 Å². The minimum Gasteiger partial charge on any atom is -0.480 e. The molecule has 1 unspecified atom stereocenters. The number of carboxylic acids is 1. The van der Waals surface area contributed by atoms with Crippen molar-refractivity contribution in [3.8, 4) is 0 Å². The first-order chi connectivity index (χ1) is 12.4. The summed E-state index contributed by atoms with van der Waals surface area (Å²) in [5, 5.41) is 12.0. The van der Waals surface area contributed by atoms with Gasteiger partial charge in [0, 0.05) is 30.9 Å². The van der Waals surface area contributed by atoms with Crippen LogP contribution in [0, 0.1) is 0 Å². The number of imidazole rings is 1. The topological polar surface area (TPSA) is 98.3 Å². The summed E-state index contributed by atoms with van der Waals surface area (Å²) in [7, 11) is 0. The second kappa shape index (κ2) is 11.8. The summed E-state index contributed by atoms with van der Waals surface area (Å²) in [5.41, 5.74) is 1.87. The molecule has 0 saturated heterocycles. The summed E-state index contributed by atoms with van der Waals surface area (Å²) < 4.78 is 0. The average Bonchev–Trinajstić information content (AvgIpc) is 3.04. The van der Waals surface area contributed by atoms with E-state index in [4.69, 9.17) is 5.11 Å². The summed E-state index contributed by atoms with van der Waals surface area (Å²) in [5.74, 6) is -1.17. The second-order valence-electron chi connectivity index (χ2n) is 6.06. The van der Waals surface area contributed by atoms with Crippen molar-refractivity contribution >= 4 is 11.9 Å². The molecule has 0 fully saturated rings. The monoisotopic (exact) mass is 360 g/mol. The van der Waals surface area contributed by atoms with E-state index in [0.717, 1.165) is 11.3 Å². The smallest absolute Gasteiger partial charge is 0.317 e. The SMILES string of the molecule is C\C=C/C(=C\C=C\C)CN(CC(=O)O)CC(=O)NC(C)Cc1cnc[nH]1. The minimum atomic E-state index is -0.964. The standard InChI is InChI=1S/C19H28N4O3/c1-4-6-8-16(7-5-2)11-23(13-19(25)26)12-18(24)22-15(3)9-17-10-20-14-21-17/h4-8,10,14-15H,9,11-13H2,1-3H3,(H,20,21)(H,22,24)(H,25,26)/b6-4+,7-5-,16-8+. The first-order valence-corrected chi connectivity index (χ1v) is 8.59. The maximum Gasteiger partial charge on any atom is 0.317 e. The Morgan fingerprint density at radius 2 is 2.08 bits per heavy atom. The lowest BCUT2D eigenvalue weighted by atomic mass is 10.2. The molecule has 0 saturated carbocycles. The van der Waals surface area contributed by atoms with E-state index in [1.807, 2.05) is 51.2 Å². The molecule has 142 valence electrons. The lowest BCUT2D eigenvalue weighted by Gasteiger charge is -2.22. The number of carboxylic acid groups (broad SMARTS) is 1. The van der Waals surface area contributed by atoms with Crippen molar-refractivity contribution in [3.05, 3.63) is 54.2 Å². The molecular weight excluding hydrogens is 332 g/mol. The second-order valence-corrected chi connectivity index (χ2v) is 6.06. The summed E-state index contributed by atoms with van der Waals surface area (Å²) >= 11 is 0. The number of nitrogens with zero attached hydrogens (tertiary/aromatic N) is 2. The summed E-state index contributed by atoms with van der Waals surface area (Å²) in [6, 6.07) is -0.0804. The zero-order chi connectivity index (χ0) is 19.4. The first kappa shape index (κ1) is 21.4. The van der Waals surface area contributed by atoms with E-state index in [1.54, 1.807) is 17.4 Å². The third-order valence-corrected chi connectivity index (χ3v) is 3.50. The van der Waals surface area contributed by atoms with Crippen LogP contribution >= 0.6 is 0 Å². The van der Waals surface area contributed by atoms with Crippen LogP contribution in [0.1, 0.15) is 26.5 Å². The molecule has 1 rings (SSSR count). The number of aliphatic carboxylic acids is 1. The molecule has 1 aromatic rings. The molecule has 0 radical (unpaired) electrons. The Kier molecular flexibility index (Phi) is 9.71. The highest BCUT2D eigenvalue weighted by molar-refractivity contribution is 5.79. The number of nitrogens with one attached hydrogen (secondary N) is 2. The van der Waals surface area contributed by atoms with E-state index >= 15 is 0 Å². The van der Waals surface area contributed by atoms with E-state index in [9.17, 15) is 9.59 Å². The molecule has 1 atom stereocenters. The molecule has 1 aromatic heterocycles. The van der Waals surface area contributed by atoms with Gasteiger partial charge in [0.1, 0.15) is 0 Å². The van der Waals surface area contributed by atoms with Crippen molar-refractivity contribution in [1.82, 2.24) is 20.2 Å². The fourth-order valence-corrected chi connectivity index (χ4v) is 2.51. The number of H-pyrrole nitrogens is 1. The van der Waals surface area contributed by atoms with Crippen LogP contribution in [0.15, 0.2) is 48.5 Å². The van der Waals surface area contributed by atoms with Crippen molar-refractivity contribution in [2.24, 2.45) is 0 Å². The highest BCUT2D eigenvalue weighted by Crippen LogP contribution is 2.04. The predicted molar refractivity (Wildman–Crippen MR) is 102 cm³/mol. The van der Waals surface area contributed by atoms with Crippen molar-refractivity contribution in [3.63, 3.8) is 0 Å². The maximum absolute atomic E-state index is 12.3. The molecular formula is C19H28N4O3. The summed E-state index contributed by atoms with van der Waals surface area (Å²) in [6.07, 6.45) is 13.4. The van der Waals surface area contributed by atoms with Crippen molar-refractivity contribution in [1.29, 1.82) is 0 Å². The van der Waals surface area contributed by atoms with Crippen molar-refractivity contribution in [2.75, 3.05) is 19.6 Å². The van der Waals surface area contributed by atoms with E-state index < -0.39 is 5.97 Å². The van der Waals surface area contributed by atoms with Gasteiger partial charge in [-0.3, -0.25) is 14.5 Å². The highest BCUT2D eigenvalue weighted by Gasteiger charge is 2.16. The highest BCUT2D eigenvalue weighted by atomic mass is 16.4. The van der Waals surface area contributed by atoms with Crippen LogP contribution in [0.5, 0.6) is 0 Å². The number of hydrogen-bond donors (Lipinski definition) is 3. The average molecular weight is 360 g/mol. The Labute approximate surface area is 154 Å². The van der Waals surface area contributed by atoms with Gasteiger partial charge in [-0.05, 0) is 26.3 Å². The minimum absolute atomic E-state index is 0.0182. The van der Waals surface area contributed by atoms with Gasteiger partial charge in [-0.15, -0.1) is 0 Å². The number of carbonyl (C=O) groups is 2. The number of hydrogen-bond acceptors (Lipinski definition) is 4. The molecule has 0 aliphatic rings. The molecule has 1 heterocycles. The fraction of sp³-hybridized carbons (Fsp3) is 0.421. The first-order valence-electron chi connectivity index (χ1n) is 8.59. The zero-order valence-corrected chi connectivity index (χ0v) is 15.6. The molecule has 26 heavy (non-hydrogen) atoms. The summed E-state index contributed by atoms with van der Waals surface area (Å²) in [6.45, 7) is 5.90. The maximum atomic E-state index is 12.3. The van der Waals surface area contributed by atoms with Gasteiger partial charge in [-0.2, -0.15) is 0 Å². The van der Waals surface area contributed by atoms with Crippen LogP contribution in [0.2, 0.25) is 0 Å². The quantitative estimate of drug-likeness (QED) is 0.524. The van der Waals surface area contributed by atoms with E-state index in [2.05, 4.69) is 15.3 Å². The Bertz CT molecular complexity index is 648. The third kappa shape index (κ3) is 8.98. The zero-order valence-electron chi connectivity index (χ0n) is 15.6. The summed E-state index contributed by atoms with van der Waals surface area (Å²) in [4.78, 5) is 32.0. The number of aromatic nitrogens is 2. The number of carbonyl (C=O) groups excluding carboxylic acids is 1. The largest absolute Gasteiger partial charge is 0.480 e. The van der Waals surface area contributed by atoms with Crippen molar-refractivity contribution < 1.29 is 14.7 Å². The number of allylic oxidation sites excluding steroid dienone is 4. The van der Waals surface area contributed by atoms with Crippen LogP contribution < -0.4 is 5.32 Å². The van der Waals surface area contributed by atoms with Crippen LogP contribution in [-0.4, -0.2) is 57.5 Å². The Morgan fingerprint density at radius 1 is 1.31 bits per heavy atom. The molecule has 0 bridgehead atoms. The molecule has 0 spiro atoms. The van der Waals surface area contributed by atoms with Gasteiger partial charge < -0.3 is 15.4 Å². The van der Waals surface area contributed by atoms with Gasteiger partial charge in [-0.25, -0.2) is 4.98 Å². The number of rotatable bonds is 11. The van der Waals surface area contributed by atoms with Crippen LogP contribution in [0.25, 0.3) is 0 Å². The van der Waals surface area contributed by atoms with Gasteiger partial charge in [0.05, 0.1) is 19.4 Å². The lowest BCUT2D eigenvalue weighted by molar-refractivity contribution is -0.138. The van der Waals surface area contributed by atoms with Crippen LogP contribution in [0.3, 0.4) is 0 Å². The molecule has 7 heteroatoms. The van der Waals surface area contributed by atoms with E-state index in [1.165, 1.54) is 0 Å². The predicted octanol–water partition coefficient (Wildman–Crippen LogP) is 1.92. The number of amides is 1. The third-order valence-electron chi connectivity index (χ3n) is 3.50. The van der Waals surface area contributed by atoms with Gasteiger partial charge in [0.25, 0.3) is 0 Å². The molecule has 0 aliphatic heterocycles. The number of aromatic amines is 1. The van der Waals surface area contributed by atoms with Crippen molar-refractivity contribution in [2.45, 2.75) is 33.2 Å². The van der Waals surface area contributed by atoms with Gasteiger partial charge in [0.2, 0.25) is 5.91 Å². The fourth-order valence-electron chi connectivity index (χ4n) is 2.51. The van der Waals surface area contributed by atoms with Gasteiger partial charge in [0.15, 0.2) is 0 Å². The lowest BCUT2D eigenvalue weighted by Crippen LogP contribution is -2.43. The van der Waals surface area contributed by atoms with Crippen LogP contribution in [0.4, 0.5) is 0 Å². The van der Waals surface area contributed by atoms with Gasteiger partial charge in [-0.1, -0.05) is 30.4 Å². The normalized spacial score (nSPS) is 13.6. The molecule has 1 amide bonds. The molecule has 7 nitrogen and oxygen atoms in total. The Balaban J connectivity index is 2.66. The Hall–Kier alpha value is -2.67. The van der Waals surface area contributed by atoms with Crippen LogP contribution in [-0.2, 0) is 16.0 Å². The molecule has 0 aromatic carbocycles. The molecule has 3 N–H and O–H groups in total. The van der Waals surface area contributed by atoms with E-state index in [-0.39, 0.29) is 25.0 Å². The van der Waals surface area contributed by atoms with E-state index in [0.29, 0.717) is 13.0 Å².